The number of hydrogen-bond acceptors (Lipinski definition) is 4. The SMILES string of the molecule is Nc1c([N+](=O)[O-])cc2ccccc2c1N. The molecule has 0 saturated heterocycles. The minimum atomic E-state index is -0.530. The monoisotopic (exact) mass is 203 g/mol. The molecule has 2 aromatic rings. The second kappa shape index (κ2) is 3.13. The van der Waals surface area contributed by atoms with Crippen molar-refractivity contribution in [2.24, 2.45) is 0 Å². The highest BCUT2D eigenvalue weighted by Gasteiger charge is 2.16. The van der Waals surface area contributed by atoms with Crippen LogP contribution in [0, 0.1) is 10.1 Å². The molecule has 15 heavy (non-hydrogen) atoms. The molecule has 0 fully saturated rings. The van der Waals surface area contributed by atoms with Crippen molar-refractivity contribution < 1.29 is 4.92 Å². The van der Waals surface area contributed by atoms with Gasteiger partial charge in [-0.2, -0.15) is 0 Å². The number of rotatable bonds is 1. The predicted molar refractivity (Wildman–Crippen MR) is 59.4 cm³/mol. The molecule has 0 aliphatic carbocycles. The van der Waals surface area contributed by atoms with Crippen LogP contribution in [-0.4, -0.2) is 4.92 Å². The van der Waals surface area contributed by atoms with Gasteiger partial charge in [-0.15, -0.1) is 0 Å². The summed E-state index contributed by atoms with van der Waals surface area (Å²) >= 11 is 0. The van der Waals surface area contributed by atoms with Crippen molar-refractivity contribution in [1.82, 2.24) is 0 Å². The molecule has 0 spiro atoms. The van der Waals surface area contributed by atoms with E-state index in [1.165, 1.54) is 6.07 Å². The summed E-state index contributed by atoms with van der Waals surface area (Å²) in [5.74, 6) is 0. The summed E-state index contributed by atoms with van der Waals surface area (Å²) in [6.07, 6.45) is 0. The fraction of sp³-hybridized carbons (Fsp3) is 0. The lowest BCUT2D eigenvalue weighted by atomic mass is 10.1. The summed E-state index contributed by atoms with van der Waals surface area (Å²) in [4.78, 5) is 10.2. The molecule has 2 aromatic carbocycles. The topological polar surface area (TPSA) is 95.2 Å². The highest BCUT2D eigenvalue weighted by molar-refractivity contribution is 6.02. The number of fused-ring (bicyclic) bond motifs is 1. The average molecular weight is 203 g/mol. The zero-order valence-corrected chi connectivity index (χ0v) is 7.81. The highest BCUT2D eigenvalue weighted by atomic mass is 16.6. The highest BCUT2D eigenvalue weighted by Crippen LogP contribution is 2.34. The third-order valence-electron chi connectivity index (χ3n) is 2.31. The predicted octanol–water partition coefficient (Wildman–Crippen LogP) is 1.91. The molecule has 0 aromatic heterocycles. The maximum atomic E-state index is 10.7. The Bertz CT molecular complexity index is 552. The van der Waals surface area contributed by atoms with Crippen molar-refractivity contribution in [2.45, 2.75) is 0 Å². The van der Waals surface area contributed by atoms with Crippen molar-refractivity contribution in [2.75, 3.05) is 11.5 Å². The Labute approximate surface area is 85.4 Å². The van der Waals surface area contributed by atoms with Gasteiger partial charge in [0.15, 0.2) is 0 Å². The number of hydrogen-bond donors (Lipinski definition) is 2. The van der Waals surface area contributed by atoms with E-state index in [2.05, 4.69) is 0 Å². The summed E-state index contributed by atoms with van der Waals surface area (Å²) in [7, 11) is 0. The molecule has 4 N–H and O–H groups in total. The number of nitro groups is 1. The van der Waals surface area contributed by atoms with Gasteiger partial charge in [0.05, 0.1) is 10.6 Å². The first-order valence-electron chi connectivity index (χ1n) is 4.32. The Morgan fingerprint density at radius 1 is 1.13 bits per heavy atom. The van der Waals surface area contributed by atoms with Crippen LogP contribution in [0.3, 0.4) is 0 Å². The van der Waals surface area contributed by atoms with Gasteiger partial charge in [0, 0.05) is 11.5 Å². The van der Waals surface area contributed by atoms with Gasteiger partial charge in [-0.1, -0.05) is 24.3 Å². The molecule has 0 atom stereocenters. The van der Waals surface area contributed by atoms with Gasteiger partial charge in [0.25, 0.3) is 5.69 Å². The van der Waals surface area contributed by atoms with E-state index in [1.807, 2.05) is 6.07 Å². The van der Waals surface area contributed by atoms with Gasteiger partial charge in [-0.3, -0.25) is 10.1 Å². The second-order valence-corrected chi connectivity index (χ2v) is 3.20. The summed E-state index contributed by atoms with van der Waals surface area (Å²) in [5, 5.41) is 12.1. The second-order valence-electron chi connectivity index (χ2n) is 3.20. The van der Waals surface area contributed by atoms with Crippen LogP contribution < -0.4 is 11.5 Å². The number of anilines is 2. The average Bonchev–Trinajstić information content (AvgIpc) is 2.23. The molecule has 2 rings (SSSR count). The Kier molecular flexibility index (Phi) is 1.93. The van der Waals surface area contributed by atoms with Gasteiger partial charge in [-0.05, 0) is 5.39 Å². The van der Waals surface area contributed by atoms with Crippen molar-refractivity contribution >= 4 is 27.8 Å². The maximum absolute atomic E-state index is 10.7. The zero-order valence-electron chi connectivity index (χ0n) is 7.81. The summed E-state index contributed by atoms with van der Waals surface area (Å²) in [6, 6.07) is 8.58. The Morgan fingerprint density at radius 3 is 2.47 bits per heavy atom. The molecule has 0 aliphatic rings. The molecule has 0 aliphatic heterocycles. The standard InChI is InChI=1S/C10H9N3O2/c11-9-7-4-2-1-3-6(7)5-8(10(9)12)13(14)15/h1-5H,11-12H2. The summed E-state index contributed by atoms with van der Waals surface area (Å²) in [6.45, 7) is 0. The van der Waals surface area contributed by atoms with Gasteiger partial charge in [-0.25, -0.2) is 0 Å². The number of nitrogens with two attached hydrogens (primary N) is 2. The minimum Gasteiger partial charge on any atom is -0.396 e. The summed E-state index contributed by atoms with van der Waals surface area (Å²) in [5.41, 5.74) is 11.5. The van der Waals surface area contributed by atoms with Crippen LogP contribution in [0.1, 0.15) is 0 Å². The molecule has 0 saturated carbocycles. The fourth-order valence-electron chi connectivity index (χ4n) is 1.53. The summed E-state index contributed by atoms with van der Waals surface area (Å²) < 4.78 is 0. The Balaban J connectivity index is 2.88. The van der Waals surface area contributed by atoms with E-state index in [4.69, 9.17) is 11.5 Å². The Hall–Kier alpha value is -2.30. The van der Waals surface area contributed by atoms with Gasteiger partial charge >= 0.3 is 0 Å². The fourth-order valence-corrected chi connectivity index (χ4v) is 1.53. The zero-order chi connectivity index (χ0) is 11.0. The molecular weight excluding hydrogens is 194 g/mol. The molecule has 0 amide bonds. The van der Waals surface area contributed by atoms with E-state index in [0.717, 1.165) is 10.8 Å². The third kappa shape index (κ3) is 1.34. The van der Waals surface area contributed by atoms with Crippen LogP contribution in [0.5, 0.6) is 0 Å². The number of nitrogens with zero attached hydrogens (tertiary/aromatic N) is 1. The smallest absolute Gasteiger partial charge is 0.294 e. The van der Waals surface area contributed by atoms with Gasteiger partial charge < -0.3 is 11.5 Å². The lowest BCUT2D eigenvalue weighted by Crippen LogP contribution is -2.01. The normalized spacial score (nSPS) is 10.4. The van der Waals surface area contributed by atoms with Crippen LogP contribution in [0.25, 0.3) is 10.8 Å². The molecule has 5 heteroatoms. The first-order chi connectivity index (χ1) is 7.11. The van der Waals surface area contributed by atoms with Crippen LogP contribution in [0.4, 0.5) is 17.1 Å². The van der Waals surface area contributed by atoms with Crippen molar-refractivity contribution in [3.05, 3.63) is 40.4 Å². The van der Waals surface area contributed by atoms with E-state index in [0.29, 0.717) is 0 Å². The lowest BCUT2D eigenvalue weighted by Gasteiger charge is -2.05. The number of nitrogen functional groups attached to an aromatic ring is 2. The van der Waals surface area contributed by atoms with E-state index in [9.17, 15) is 10.1 Å². The number of nitro benzene ring substituents is 1. The molecule has 76 valence electrons. The van der Waals surface area contributed by atoms with Crippen LogP contribution in [0.2, 0.25) is 0 Å². The molecule has 0 radical (unpaired) electrons. The van der Waals surface area contributed by atoms with Crippen LogP contribution >= 0.6 is 0 Å². The lowest BCUT2D eigenvalue weighted by molar-refractivity contribution is -0.383. The minimum absolute atomic E-state index is 0.0266. The first kappa shape index (κ1) is 9.26. The van der Waals surface area contributed by atoms with Crippen LogP contribution in [-0.2, 0) is 0 Å². The molecule has 0 bridgehead atoms. The molecule has 0 unspecified atom stereocenters. The number of benzene rings is 2. The van der Waals surface area contributed by atoms with Crippen molar-refractivity contribution in [3.8, 4) is 0 Å². The van der Waals surface area contributed by atoms with E-state index in [-0.39, 0.29) is 17.1 Å². The van der Waals surface area contributed by atoms with E-state index < -0.39 is 4.92 Å². The van der Waals surface area contributed by atoms with E-state index in [1.54, 1.807) is 18.2 Å². The van der Waals surface area contributed by atoms with Crippen molar-refractivity contribution in [1.29, 1.82) is 0 Å². The molecular formula is C10H9N3O2. The van der Waals surface area contributed by atoms with Gasteiger partial charge in [0.2, 0.25) is 0 Å². The largest absolute Gasteiger partial charge is 0.396 e. The third-order valence-corrected chi connectivity index (χ3v) is 2.31. The molecule has 0 heterocycles. The quantitative estimate of drug-likeness (QED) is 0.420. The first-order valence-corrected chi connectivity index (χ1v) is 4.32. The van der Waals surface area contributed by atoms with Gasteiger partial charge in [0.1, 0.15) is 5.69 Å². The van der Waals surface area contributed by atoms with Crippen LogP contribution in [0.15, 0.2) is 30.3 Å². The Morgan fingerprint density at radius 2 is 1.80 bits per heavy atom. The van der Waals surface area contributed by atoms with E-state index >= 15 is 0 Å². The maximum Gasteiger partial charge on any atom is 0.294 e. The van der Waals surface area contributed by atoms with Crippen molar-refractivity contribution in [3.63, 3.8) is 0 Å². The molecule has 5 nitrogen and oxygen atoms in total.